The second-order valence-corrected chi connectivity index (χ2v) is 7.89. The standard InChI is InChI=1S/C25H26N2O3/c1-18(30-25(29)22-11-5-9-21-10-6-14-26-23(21)22)24(28)27-15-12-20(13-16-27)17-19-7-3-2-4-8-19/h2-11,14,18,20H,12-13,15-17H2,1H3/t18-/m1/s1. The van der Waals surface area contributed by atoms with Crippen molar-refractivity contribution in [2.75, 3.05) is 13.1 Å². The summed E-state index contributed by atoms with van der Waals surface area (Å²) in [6.07, 6.45) is 3.81. The van der Waals surface area contributed by atoms with Crippen LogP contribution in [0.25, 0.3) is 10.9 Å². The van der Waals surface area contributed by atoms with Crippen molar-refractivity contribution in [2.24, 2.45) is 5.92 Å². The molecule has 1 amide bonds. The minimum atomic E-state index is -0.817. The Kier molecular flexibility index (Phi) is 6.07. The lowest BCUT2D eigenvalue weighted by Crippen LogP contribution is -2.44. The van der Waals surface area contributed by atoms with E-state index in [2.05, 4.69) is 29.2 Å². The first-order chi connectivity index (χ1) is 14.6. The summed E-state index contributed by atoms with van der Waals surface area (Å²) in [4.78, 5) is 31.6. The molecular formula is C25H26N2O3. The Morgan fingerprint density at radius 3 is 2.53 bits per heavy atom. The number of piperidine rings is 1. The Morgan fingerprint density at radius 2 is 1.77 bits per heavy atom. The Balaban J connectivity index is 1.33. The van der Waals surface area contributed by atoms with Gasteiger partial charge in [0.15, 0.2) is 6.10 Å². The van der Waals surface area contributed by atoms with E-state index < -0.39 is 12.1 Å². The summed E-state index contributed by atoms with van der Waals surface area (Å²) in [5.41, 5.74) is 2.31. The normalized spacial score (nSPS) is 15.7. The molecule has 0 saturated carbocycles. The number of ether oxygens (including phenoxy) is 1. The van der Waals surface area contributed by atoms with E-state index in [9.17, 15) is 9.59 Å². The number of pyridine rings is 1. The van der Waals surface area contributed by atoms with Crippen molar-refractivity contribution < 1.29 is 14.3 Å². The van der Waals surface area contributed by atoms with Crippen molar-refractivity contribution in [1.82, 2.24) is 9.88 Å². The molecule has 2 aromatic carbocycles. The second kappa shape index (κ2) is 9.08. The van der Waals surface area contributed by atoms with Crippen LogP contribution in [0.15, 0.2) is 66.9 Å². The predicted molar refractivity (Wildman–Crippen MR) is 116 cm³/mol. The number of likely N-dealkylation sites (tertiary alicyclic amines) is 1. The lowest BCUT2D eigenvalue weighted by molar-refractivity contribution is -0.141. The molecule has 0 aliphatic carbocycles. The van der Waals surface area contributed by atoms with Gasteiger partial charge in [-0.05, 0) is 49.8 Å². The zero-order valence-electron chi connectivity index (χ0n) is 17.2. The highest BCUT2D eigenvalue weighted by molar-refractivity contribution is 6.03. The van der Waals surface area contributed by atoms with Crippen LogP contribution in [0.5, 0.6) is 0 Å². The van der Waals surface area contributed by atoms with Gasteiger partial charge in [-0.25, -0.2) is 4.79 Å². The third kappa shape index (κ3) is 4.51. The maximum Gasteiger partial charge on any atom is 0.341 e. The summed E-state index contributed by atoms with van der Waals surface area (Å²) >= 11 is 0. The molecule has 1 aromatic heterocycles. The van der Waals surface area contributed by atoms with E-state index in [1.807, 2.05) is 29.2 Å². The quantitative estimate of drug-likeness (QED) is 0.598. The van der Waals surface area contributed by atoms with Gasteiger partial charge in [-0.2, -0.15) is 0 Å². The first kappa shape index (κ1) is 20.1. The van der Waals surface area contributed by atoms with Crippen LogP contribution in [-0.2, 0) is 16.0 Å². The van der Waals surface area contributed by atoms with Crippen molar-refractivity contribution in [2.45, 2.75) is 32.3 Å². The van der Waals surface area contributed by atoms with E-state index in [0.717, 1.165) is 24.6 Å². The number of nitrogens with zero attached hydrogens (tertiary/aromatic N) is 2. The van der Waals surface area contributed by atoms with Crippen molar-refractivity contribution in [3.05, 3.63) is 78.0 Å². The summed E-state index contributed by atoms with van der Waals surface area (Å²) in [5.74, 6) is -0.0649. The zero-order chi connectivity index (χ0) is 20.9. The number of hydrogen-bond acceptors (Lipinski definition) is 4. The van der Waals surface area contributed by atoms with E-state index in [4.69, 9.17) is 4.74 Å². The van der Waals surface area contributed by atoms with Crippen LogP contribution in [0.2, 0.25) is 0 Å². The molecular weight excluding hydrogens is 376 g/mol. The van der Waals surface area contributed by atoms with Crippen LogP contribution in [0.3, 0.4) is 0 Å². The Morgan fingerprint density at radius 1 is 1.03 bits per heavy atom. The maximum atomic E-state index is 12.8. The van der Waals surface area contributed by atoms with Gasteiger partial charge in [-0.15, -0.1) is 0 Å². The molecule has 1 saturated heterocycles. The second-order valence-electron chi connectivity index (χ2n) is 7.89. The van der Waals surface area contributed by atoms with Crippen LogP contribution in [0.4, 0.5) is 0 Å². The summed E-state index contributed by atoms with van der Waals surface area (Å²) in [6, 6.07) is 19.6. The first-order valence-corrected chi connectivity index (χ1v) is 10.5. The molecule has 30 heavy (non-hydrogen) atoms. The molecule has 4 rings (SSSR count). The van der Waals surface area contributed by atoms with Crippen molar-refractivity contribution in [3.63, 3.8) is 0 Å². The Labute approximate surface area is 176 Å². The summed E-state index contributed by atoms with van der Waals surface area (Å²) in [7, 11) is 0. The number of benzene rings is 2. The van der Waals surface area contributed by atoms with Crippen LogP contribution >= 0.6 is 0 Å². The molecule has 0 unspecified atom stereocenters. The van der Waals surface area contributed by atoms with Gasteiger partial charge in [0.1, 0.15) is 0 Å². The molecule has 3 aromatic rings. The molecule has 0 spiro atoms. The highest BCUT2D eigenvalue weighted by Crippen LogP contribution is 2.23. The van der Waals surface area contributed by atoms with Gasteiger partial charge in [-0.1, -0.05) is 48.5 Å². The lowest BCUT2D eigenvalue weighted by Gasteiger charge is -2.33. The monoisotopic (exact) mass is 402 g/mol. The van der Waals surface area contributed by atoms with Crippen LogP contribution in [0, 0.1) is 5.92 Å². The van der Waals surface area contributed by atoms with Crippen molar-refractivity contribution in [1.29, 1.82) is 0 Å². The van der Waals surface area contributed by atoms with Gasteiger partial charge in [0.25, 0.3) is 5.91 Å². The Hall–Kier alpha value is -3.21. The van der Waals surface area contributed by atoms with Gasteiger partial charge in [0.05, 0.1) is 11.1 Å². The zero-order valence-corrected chi connectivity index (χ0v) is 17.2. The van der Waals surface area contributed by atoms with Gasteiger partial charge >= 0.3 is 5.97 Å². The van der Waals surface area contributed by atoms with Gasteiger partial charge in [0, 0.05) is 24.7 Å². The van der Waals surface area contributed by atoms with Gasteiger partial charge in [-0.3, -0.25) is 9.78 Å². The number of rotatable bonds is 5. The number of aromatic nitrogens is 1. The average Bonchev–Trinajstić information content (AvgIpc) is 2.79. The number of carbonyl (C=O) groups is 2. The molecule has 5 nitrogen and oxygen atoms in total. The molecule has 0 N–H and O–H groups in total. The molecule has 1 atom stereocenters. The fourth-order valence-electron chi connectivity index (χ4n) is 4.11. The van der Waals surface area contributed by atoms with Crippen LogP contribution in [-0.4, -0.2) is 41.0 Å². The molecule has 1 fully saturated rings. The fourth-order valence-corrected chi connectivity index (χ4v) is 4.11. The SMILES string of the molecule is C[C@@H](OC(=O)c1cccc2cccnc12)C(=O)N1CCC(Cc2ccccc2)CC1. The lowest BCUT2D eigenvalue weighted by atomic mass is 9.90. The molecule has 0 radical (unpaired) electrons. The topological polar surface area (TPSA) is 59.5 Å². The van der Waals surface area contributed by atoms with E-state index in [-0.39, 0.29) is 5.91 Å². The van der Waals surface area contributed by atoms with E-state index >= 15 is 0 Å². The number of amides is 1. The average molecular weight is 402 g/mol. The predicted octanol–water partition coefficient (Wildman–Crippen LogP) is 4.26. The third-order valence-corrected chi connectivity index (χ3v) is 5.78. The molecule has 1 aliphatic heterocycles. The minimum absolute atomic E-state index is 0.130. The van der Waals surface area contributed by atoms with Crippen LogP contribution in [0.1, 0.15) is 35.7 Å². The molecule has 0 bridgehead atoms. The number of carbonyl (C=O) groups excluding carboxylic acids is 2. The Bertz CT molecular complexity index is 1020. The minimum Gasteiger partial charge on any atom is -0.449 e. The number of para-hydroxylation sites is 1. The van der Waals surface area contributed by atoms with E-state index in [1.165, 1.54) is 5.56 Å². The first-order valence-electron chi connectivity index (χ1n) is 10.5. The van der Waals surface area contributed by atoms with Gasteiger partial charge in [0.2, 0.25) is 0 Å². The fraction of sp³-hybridized carbons (Fsp3) is 0.320. The maximum absolute atomic E-state index is 12.8. The number of fused-ring (bicyclic) bond motifs is 1. The summed E-state index contributed by atoms with van der Waals surface area (Å²) < 4.78 is 5.51. The highest BCUT2D eigenvalue weighted by atomic mass is 16.5. The molecule has 5 heteroatoms. The summed E-state index contributed by atoms with van der Waals surface area (Å²) in [5, 5.41) is 0.867. The smallest absolute Gasteiger partial charge is 0.341 e. The highest BCUT2D eigenvalue weighted by Gasteiger charge is 2.28. The molecule has 2 heterocycles. The van der Waals surface area contributed by atoms with E-state index in [1.54, 1.807) is 25.3 Å². The van der Waals surface area contributed by atoms with Crippen molar-refractivity contribution in [3.8, 4) is 0 Å². The summed E-state index contributed by atoms with van der Waals surface area (Å²) in [6.45, 7) is 3.05. The largest absolute Gasteiger partial charge is 0.449 e. The van der Waals surface area contributed by atoms with Crippen LogP contribution < -0.4 is 0 Å². The number of hydrogen-bond donors (Lipinski definition) is 0. The molecule has 154 valence electrons. The number of esters is 1. The van der Waals surface area contributed by atoms with E-state index in [0.29, 0.717) is 30.1 Å². The van der Waals surface area contributed by atoms with Crippen molar-refractivity contribution >= 4 is 22.8 Å². The third-order valence-electron chi connectivity index (χ3n) is 5.78. The molecule has 1 aliphatic rings. The van der Waals surface area contributed by atoms with Gasteiger partial charge < -0.3 is 9.64 Å².